The van der Waals surface area contributed by atoms with Gasteiger partial charge in [-0.25, -0.2) is 17.6 Å². The van der Waals surface area contributed by atoms with Crippen LogP contribution in [0.15, 0.2) is 0 Å². The molecule has 3 fully saturated rings. The first-order chi connectivity index (χ1) is 19.7. The first-order valence-corrected chi connectivity index (χ1v) is 12.8. The lowest BCUT2D eigenvalue weighted by Crippen LogP contribution is -2.77. The monoisotopic (exact) mass is 690 g/mol. The van der Waals surface area contributed by atoms with E-state index in [-0.39, 0.29) is 61.3 Å². The Bertz CT molecular complexity index is 857. The maximum absolute atomic E-state index is 13.6. The third-order valence-corrected chi connectivity index (χ3v) is 7.83. The Morgan fingerprint density at radius 1 is 0.500 bits per heavy atom. The van der Waals surface area contributed by atoms with Gasteiger partial charge in [0, 0.05) is 0 Å². The van der Waals surface area contributed by atoms with E-state index >= 15 is 0 Å². The maximum atomic E-state index is 13.6. The van der Waals surface area contributed by atoms with Gasteiger partial charge < -0.3 is 28.7 Å². The summed E-state index contributed by atoms with van der Waals surface area (Å²) in [6.45, 7) is -5.85. The second kappa shape index (κ2) is 13.0. The smallest absolute Gasteiger partial charge is 0.380 e. The topological polar surface area (TPSA) is 58.9 Å². The Morgan fingerprint density at radius 2 is 0.750 bits per heavy atom. The minimum atomic E-state index is -6.47. The molecule has 44 heavy (non-hydrogen) atoms. The highest BCUT2D eigenvalue weighted by Crippen LogP contribution is 2.49. The summed E-state index contributed by atoms with van der Waals surface area (Å²) in [7, 11) is 0. The molecular formula is C22H30F16N2O4+2. The van der Waals surface area contributed by atoms with Gasteiger partial charge in [0.05, 0.1) is 13.2 Å². The molecule has 2 unspecified atom stereocenters. The van der Waals surface area contributed by atoms with Crippen molar-refractivity contribution in [3.63, 3.8) is 0 Å². The number of piperazine rings is 3. The van der Waals surface area contributed by atoms with Crippen molar-refractivity contribution in [1.82, 2.24) is 0 Å². The molecule has 0 saturated carbocycles. The Labute approximate surface area is 239 Å². The summed E-state index contributed by atoms with van der Waals surface area (Å²) < 4.78 is 217. The van der Waals surface area contributed by atoms with Crippen LogP contribution >= 0.6 is 0 Å². The number of ether oxygens (including phenoxy) is 2. The maximum Gasteiger partial charge on any atom is 0.380 e. The van der Waals surface area contributed by atoms with Crippen LogP contribution in [0.4, 0.5) is 70.2 Å². The molecule has 2 bridgehead atoms. The molecule has 3 aliphatic rings. The van der Waals surface area contributed by atoms with Crippen LogP contribution in [0.5, 0.6) is 0 Å². The number of quaternary nitrogens is 2. The minimum absolute atomic E-state index is 0.118. The average Bonchev–Trinajstić information content (AvgIpc) is 2.88. The number of halogens is 16. The predicted octanol–water partition coefficient (Wildman–Crippen LogP) is 3.74. The summed E-state index contributed by atoms with van der Waals surface area (Å²) in [5.41, 5.74) is 0. The number of aliphatic hydroxyl groups excluding tert-OH is 2. The van der Waals surface area contributed by atoms with Crippen molar-refractivity contribution in [3.8, 4) is 0 Å². The van der Waals surface area contributed by atoms with Crippen LogP contribution in [-0.4, -0.2) is 159 Å². The summed E-state index contributed by atoms with van der Waals surface area (Å²) in [4.78, 5) is 0. The molecule has 6 nitrogen and oxygen atoms in total. The molecule has 2 atom stereocenters. The number of rotatable bonds is 18. The molecule has 0 spiro atoms. The molecule has 0 amide bonds. The van der Waals surface area contributed by atoms with Crippen LogP contribution < -0.4 is 0 Å². The summed E-state index contributed by atoms with van der Waals surface area (Å²) >= 11 is 0. The largest absolute Gasteiger partial charge is 0.385 e. The molecule has 3 heterocycles. The van der Waals surface area contributed by atoms with Gasteiger partial charge in [0.15, 0.2) is 0 Å². The van der Waals surface area contributed by atoms with Crippen LogP contribution in [0, 0.1) is 0 Å². The van der Waals surface area contributed by atoms with Crippen molar-refractivity contribution >= 4 is 0 Å². The quantitative estimate of drug-likeness (QED) is 0.170. The fourth-order valence-electron chi connectivity index (χ4n) is 5.08. The lowest BCUT2D eigenvalue weighted by atomic mass is 10.0. The lowest BCUT2D eigenvalue weighted by molar-refractivity contribution is -1.08. The van der Waals surface area contributed by atoms with Crippen LogP contribution in [0.2, 0.25) is 0 Å². The van der Waals surface area contributed by atoms with E-state index < -0.39 is 87.0 Å². The van der Waals surface area contributed by atoms with E-state index in [0.717, 1.165) is 0 Å². The van der Waals surface area contributed by atoms with Gasteiger partial charge in [-0.1, -0.05) is 0 Å². The Hall–Kier alpha value is -1.36. The minimum Gasteiger partial charge on any atom is -0.385 e. The van der Waals surface area contributed by atoms with Crippen molar-refractivity contribution in [1.29, 1.82) is 0 Å². The average molecular weight is 690 g/mol. The van der Waals surface area contributed by atoms with E-state index in [1.165, 1.54) is 0 Å². The number of fused-ring (bicyclic) bond motifs is 3. The summed E-state index contributed by atoms with van der Waals surface area (Å²) in [6, 6.07) is 0. The molecule has 3 aliphatic heterocycles. The summed E-state index contributed by atoms with van der Waals surface area (Å²) in [6.07, 6.45) is -13.4. The summed E-state index contributed by atoms with van der Waals surface area (Å²) in [5, 5.41) is 20.3. The molecule has 0 aromatic rings. The van der Waals surface area contributed by atoms with E-state index in [0.29, 0.717) is 0 Å². The van der Waals surface area contributed by atoms with Gasteiger partial charge in [-0.3, -0.25) is 0 Å². The van der Waals surface area contributed by atoms with E-state index in [9.17, 15) is 80.5 Å². The molecular weight excluding hydrogens is 660 g/mol. The van der Waals surface area contributed by atoms with Gasteiger partial charge in [-0.15, -0.1) is 0 Å². The van der Waals surface area contributed by atoms with Crippen LogP contribution in [0.25, 0.3) is 0 Å². The fourth-order valence-corrected chi connectivity index (χ4v) is 5.08. The molecule has 0 aliphatic carbocycles. The van der Waals surface area contributed by atoms with Gasteiger partial charge in [0.1, 0.15) is 77.8 Å². The van der Waals surface area contributed by atoms with Gasteiger partial charge in [-0.2, -0.15) is 52.7 Å². The molecule has 0 aromatic heterocycles. The van der Waals surface area contributed by atoms with E-state index in [1.54, 1.807) is 0 Å². The van der Waals surface area contributed by atoms with Crippen molar-refractivity contribution in [2.24, 2.45) is 0 Å². The molecule has 3 rings (SSSR count). The zero-order chi connectivity index (χ0) is 34.2. The molecule has 2 N–H and O–H groups in total. The first-order valence-electron chi connectivity index (χ1n) is 12.8. The van der Waals surface area contributed by atoms with E-state index in [1.807, 2.05) is 0 Å². The van der Waals surface area contributed by atoms with Crippen LogP contribution in [-0.2, 0) is 9.47 Å². The highest BCUT2D eigenvalue weighted by atomic mass is 19.4. The highest BCUT2D eigenvalue weighted by molar-refractivity contribution is 4.98. The van der Waals surface area contributed by atoms with Gasteiger partial charge >= 0.3 is 48.4 Å². The highest BCUT2D eigenvalue weighted by Gasteiger charge is 2.76. The fraction of sp³-hybridized carbons (Fsp3) is 1.00. The van der Waals surface area contributed by atoms with Gasteiger partial charge in [-0.05, 0) is 0 Å². The van der Waals surface area contributed by atoms with Crippen molar-refractivity contribution in [3.05, 3.63) is 0 Å². The number of alkyl halides is 16. The van der Waals surface area contributed by atoms with Gasteiger partial charge in [0.2, 0.25) is 0 Å². The number of nitrogens with zero attached hydrogens (tertiary/aromatic N) is 2. The second-order valence-corrected chi connectivity index (χ2v) is 11.1. The summed E-state index contributed by atoms with van der Waals surface area (Å²) in [5.74, 6) is -37.1. The van der Waals surface area contributed by atoms with Gasteiger partial charge in [0.25, 0.3) is 0 Å². The SMILES string of the molecule is OC(COCC(F)(F)C(F)(F)C(F)(F)C(F)F)C[N+]12CC[N+](CC(O)COCC(F)(F)C(F)(F)C(F)(F)C(F)F)(CC1)CC2. The number of hydrogen-bond donors (Lipinski definition) is 2. The zero-order valence-corrected chi connectivity index (χ0v) is 22.4. The third-order valence-electron chi connectivity index (χ3n) is 7.83. The third kappa shape index (κ3) is 7.60. The molecule has 262 valence electrons. The van der Waals surface area contributed by atoms with Crippen molar-refractivity contribution < 1.29 is 98.9 Å². The lowest BCUT2D eigenvalue weighted by Gasteiger charge is -2.56. The Balaban J connectivity index is 1.83. The Kier molecular flexibility index (Phi) is 11.5. The normalized spacial score (nSPS) is 25.6. The second-order valence-electron chi connectivity index (χ2n) is 11.1. The van der Waals surface area contributed by atoms with E-state index in [4.69, 9.17) is 0 Å². The predicted molar refractivity (Wildman–Crippen MR) is 115 cm³/mol. The zero-order valence-electron chi connectivity index (χ0n) is 22.4. The number of aliphatic hydroxyl groups is 2. The van der Waals surface area contributed by atoms with Crippen molar-refractivity contribution in [2.45, 2.75) is 60.6 Å². The standard InChI is InChI=1S/C22H30F16N2O4/c23-15(24)19(31,32)21(35,36)17(27,28)11-43-9-13(41)7-39-1-2-40(5-3-39,6-4-39)8-14(42)10-44-12-18(29,30)22(37,38)20(33,34)16(25)26/h13-16,41-42H,1-12H2/q+2. The van der Waals surface area contributed by atoms with E-state index in [2.05, 4.69) is 9.47 Å². The molecule has 22 heteroatoms. The molecule has 3 saturated heterocycles. The molecule has 0 aromatic carbocycles. The number of hydrogen-bond acceptors (Lipinski definition) is 4. The van der Waals surface area contributed by atoms with Crippen molar-refractivity contribution in [2.75, 3.05) is 78.8 Å². The Morgan fingerprint density at radius 3 is 0.977 bits per heavy atom. The molecule has 0 radical (unpaired) electrons. The van der Waals surface area contributed by atoms with Crippen LogP contribution in [0.3, 0.4) is 0 Å². The van der Waals surface area contributed by atoms with Crippen LogP contribution in [0.1, 0.15) is 0 Å². The first kappa shape index (κ1) is 38.8.